The van der Waals surface area contributed by atoms with Gasteiger partial charge in [-0.3, -0.25) is 10.1 Å². The summed E-state index contributed by atoms with van der Waals surface area (Å²) in [5.41, 5.74) is 0.701. The second-order valence-electron chi connectivity index (χ2n) is 4.77. The summed E-state index contributed by atoms with van der Waals surface area (Å²) in [5.74, 6) is -3.22. The molecule has 2 unspecified atom stereocenters. The van der Waals surface area contributed by atoms with Gasteiger partial charge in [0.25, 0.3) is 5.92 Å². The number of rotatable bonds is 5. The average molecular weight is 305 g/mol. The van der Waals surface area contributed by atoms with E-state index < -0.39 is 30.8 Å². The molecule has 0 bridgehead atoms. The standard InChI is InChI=1S/C12H17F2N3O2S/c1-7(19-2)11-17-8(5-20-11)4-15-10(18)9-3-12(13,14)6-16-9/h5,7,9,16H,3-4,6H2,1-2H3,(H,15,18). The largest absolute Gasteiger partial charge is 0.375 e. The van der Waals surface area contributed by atoms with Gasteiger partial charge in [0.2, 0.25) is 5.91 Å². The van der Waals surface area contributed by atoms with Crippen LogP contribution >= 0.6 is 11.3 Å². The van der Waals surface area contributed by atoms with Crippen molar-refractivity contribution in [3.8, 4) is 0 Å². The van der Waals surface area contributed by atoms with Gasteiger partial charge in [0.05, 0.1) is 24.8 Å². The normalized spacial score (nSPS) is 22.7. The fraction of sp³-hybridized carbons (Fsp3) is 0.667. The quantitative estimate of drug-likeness (QED) is 0.864. The Kier molecular flexibility index (Phi) is 4.66. The van der Waals surface area contributed by atoms with Gasteiger partial charge < -0.3 is 10.1 Å². The van der Waals surface area contributed by atoms with Crippen molar-refractivity contribution in [3.05, 3.63) is 16.1 Å². The van der Waals surface area contributed by atoms with Gasteiger partial charge in [0, 0.05) is 18.9 Å². The minimum atomic E-state index is -2.80. The molecule has 1 saturated heterocycles. The first-order valence-corrected chi connectivity index (χ1v) is 7.15. The Balaban J connectivity index is 1.83. The third-order valence-electron chi connectivity index (χ3n) is 3.14. The molecule has 20 heavy (non-hydrogen) atoms. The molecule has 2 N–H and O–H groups in total. The molecule has 8 heteroatoms. The van der Waals surface area contributed by atoms with Crippen LogP contribution in [0, 0.1) is 0 Å². The Hall–Kier alpha value is -1.12. The van der Waals surface area contributed by atoms with Gasteiger partial charge in [-0.15, -0.1) is 11.3 Å². The monoisotopic (exact) mass is 305 g/mol. The highest BCUT2D eigenvalue weighted by Crippen LogP contribution is 2.25. The third kappa shape index (κ3) is 3.71. The zero-order valence-corrected chi connectivity index (χ0v) is 12.1. The van der Waals surface area contributed by atoms with Crippen molar-refractivity contribution in [2.75, 3.05) is 13.7 Å². The van der Waals surface area contributed by atoms with Crippen LogP contribution in [0.2, 0.25) is 0 Å². The van der Waals surface area contributed by atoms with Crippen LogP contribution in [-0.4, -0.2) is 36.5 Å². The van der Waals surface area contributed by atoms with Crippen LogP contribution in [0.3, 0.4) is 0 Å². The summed E-state index contributed by atoms with van der Waals surface area (Å²) in [4.78, 5) is 16.1. The van der Waals surface area contributed by atoms with Gasteiger partial charge in [0.1, 0.15) is 11.1 Å². The van der Waals surface area contributed by atoms with E-state index in [0.29, 0.717) is 5.69 Å². The van der Waals surface area contributed by atoms with E-state index >= 15 is 0 Å². The number of amides is 1. The second kappa shape index (κ2) is 6.11. The first-order valence-electron chi connectivity index (χ1n) is 6.27. The summed E-state index contributed by atoms with van der Waals surface area (Å²) in [7, 11) is 1.60. The number of carbonyl (C=O) groups excluding carboxylic acids is 1. The van der Waals surface area contributed by atoms with E-state index in [-0.39, 0.29) is 12.6 Å². The van der Waals surface area contributed by atoms with E-state index in [0.717, 1.165) is 5.01 Å². The number of nitrogens with one attached hydrogen (secondary N) is 2. The molecule has 0 spiro atoms. The maximum Gasteiger partial charge on any atom is 0.262 e. The van der Waals surface area contributed by atoms with Gasteiger partial charge >= 0.3 is 0 Å². The van der Waals surface area contributed by atoms with Crippen LogP contribution in [0.25, 0.3) is 0 Å². The highest BCUT2D eigenvalue weighted by molar-refractivity contribution is 7.09. The molecular weight excluding hydrogens is 288 g/mol. The van der Waals surface area contributed by atoms with Crippen LogP contribution in [0.15, 0.2) is 5.38 Å². The van der Waals surface area contributed by atoms with E-state index in [1.165, 1.54) is 11.3 Å². The van der Waals surface area contributed by atoms with Gasteiger partial charge in [-0.1, -0.05) is 0 Å². The van der Waals surface area contributed by atoms with E-state index in [2.05, 4.69) is 15.6 Å². The number of alkyl halides is 2. The molecule has 0 aromatic carbocycles. The predicted molar refractivity (Wildman–Crippen MR) is 70.7 cm³/mol. The predicted octanol–water partition coefficient (Wildman–Crippen LogP) is 1.46. The first-order chi connectivity index (χ1) is 9.41. The van der Waals surface area contributed by atoms with E-state index in [9.17, 15) is 13.6 Å². The molecule has 0 radical (unpaired) electrons. The van der Waals surface area contributed by atoms with E-state index in [4.69, 9.17) is 4.74 Å². The van der Waals surface area contributed by atoms with Crippen molar-refractivity contribution in [1.82, 2.24) is 15.6 Å². The number of nitrogens with zero attached hydrogens (tertiary/aromatic N) is 1. The molecule has 2 atom stereocenters. The minimum Gasteiger partial charge on any atom is -0.375 e. The summed E-state index contributed by atoms with van der Waals surface area (Å²) in [6.07, 6.45) is -0.554. The van der Waals surface area contributed by atoms with Crippen molar-refractivity contribution >= 4 is 17.2 Å². The fourth-order valence-electron chi connectivity index (χ4n) is 1.89. The smallest absolute Gasteiger partial charge is 0.262 e. The summed E-state index contributed by atoms with van der Waals surface area (Å²) in [5, 5.41) is 7.78. The number of aromatic nitrogens is 1. The van der Waals surface area contributed by atoms with Crippen LogP contribution in [0.5, 0.6) is 0 Å². The van der Waals surface area contributed by atoms with Gasteiger partial charge in [-0.2, -0.15) is 0 Å². The molecule has 2 rings (SSSR count). The van der Waals surface area contributed by atoms with Crippen molar-refractivity contribution < 1.29 is 18.3 Å². The lowest BCUT2D eigenvalue weighted by Crippen LogP contribution is -2.40. The zero-order valence-electron chi connectivity index (χ0n) is 11.3. The number of carbonyl (C=O) groups is 1. The van der Waals surface area contributed by atoms with E-state index in [1.54, 1.807) is 7.11 Å². The van der Waals surface area contributed by atoms with Crippen LogP contribution in [0.4, 0.5) is 8.78 Å². The fourth-order valence-corrected chi connectivity index (χ4v) is 2.74. The molecule has 1 aliphatic heterocycles. The number of hydrogen-bond acceptors (Lipinski definition) is 5. The van der Waals surface area contributed by atoms with Gasteiger partial charge in [-0.05, 0) is 6.92 Å². The number of halogens is 2. The molecule has 5 nitrogen and oxygen atoms in total. The Labute approximate surface area is 119 Å². The minimum absolute atomic E-state index is 0.0976. The molecule has 0 saturated carbocycles. The summed E-state index contributed by atoms with van der Waals surface area (Å²) >= 11 is 1.44. The molecular formula is C12H17F2N3O2S. The molecule has 1 aliphatic rings. The lowest BCUT2D eigenvalue weighted by molar-refractivity contribution is -0.123. The number of hydrogen-bond donors (Lipinski definition) is 2. The average Bonchev–Trinajstić information content (AvgIpc) is 3.01. The van der Waals surface area contributed by atoms with E-state index in [1.807, 2.05) is 12.3 Å². The summed E-state index contributed by atoms with van der Waals surface area (Å²) < 4.78 is 31.1. The Morgan fingerprint density at radius 3 is 3.10 bits per heavy atom. The molecule has 1 fully saturated rings. The van der Waals surface area contributed by atoms with Crippen LogP contribution < -0.4 is 10.6 Å². The Morgan fingerprint density at radius 2 is 2.50 bits per heavy atom. The van der Waals surface area contributed by atoms with Crippen molar-refractivity contribution in [2.24, 2.45) is 0 Å². The van der Waals surface area contributed by atoms with Gasteiger partial charge in [0.15, 0.2) is 0 Å². The summed E-state index contributed by atoms with van der Waals surface area (Å²) in [6, 6.07) is -0.832. The highest BCUT2D eigenvalue weighted by Gasteiger charge is 2.42. The molecule has 0 aliphatic carbocycles. The van der Waals surface area contributed by atoms with Gasteiger partial charge in [-0.25, -0.2) is 13.8 Å². The van der Waals surface area contributed by atoms with Crippen molar-refractivity contribution in [2.45, 2.75) is 38.0 Å². The Morgan fingerprint density at radius 1 is 1.75 bits per heavy atom. The second-order valence-corrected chi connectivity index (χ2v) is 5.66. The maximum atomic E-state index is 13.0. The van der Waals surface area contributed by atoms with Crippen molar-refractivity contribution in [3.63, 3.8) is 0 Å². The van der Waals surface area contributed by atoms with Crippen LogP contribution in [0.1, 0.15) is 30.2 Å². The number of thiazole rings is 1. The summed E-state index contributed by atoms with van der Waals surface area (Å²) in [6.45, 7) is 1.67. The van der Waals surface area contributed by atoms with Crippen LogP contribution in [-0.2, 0) is 16.1 Å². The molecule has 112 valence electrons. The number of ether oxygens (including phenoxy) is 1. The molecule has 2 heterocycles. The third-order valence-corrected chi connectivity index (χ3v) is 4.20. The molecule has 1 aromatic rings. The maximum absolute atomic E-state index is 13.0. The lowest BCUT2D eigenvalue weighted by atomic mass is 10.2. The zero-order chi connectivity index (χ0) is 14.8. The van der Waals surface area contributed by atoms with Crippen molar-refractivity contribution in [1.29, 1.82) is 0 Å². The number of methoxy groups -OCH3 is 1. The SMILES string of the molecule is COC(C)c1nc(CNC(=O)C2CC(F)(F)CN2)cs1. The Bertz CT molecular complexity index is 481. The lowest BCUT2D eigenvalue weighted by Gasteiger charge is -2.10. The highest BCUT2D eigenvalue weighted by atomic mass is 32.1. The first kappa shape index (κ1) is 15.3. The topological polar surface area (TPSA) is 63.2 Å². The molecule has 1 aromatic heterocycles. The molecule has 1 amide bonds.